The molecule has 1 saturated carbocycles. The lowest BCUT2D eigenvalue weighted by Gasteiger charge is -2.35. The van der Waals surface area contributed by atoms with E-state index in [4.69, 9.17) is 5.26 Å². The van der Waals surface area contributed by atoms with E-state index in [2.05, 4.69) is 11.0 Å². The lowest BCUT2D eigenvalue weighted by atomic mass is 9.96. The van der Waals surface area contributed by atoms with Crippen LogP contribution in [0.2, 0.25) is 0 Å². The van der Waals surface area contributed by atoms with Gasteiger partial charge in [0.25, 0.3) is 0 Å². The van der Waals surface area contributed by atoms with Gasteiger partial charge in [-0.15, -0.1) is 0 Å². The molecule has 1 N–H and O–H groups in total. The van der Waals surface area contributed by atoms with E-state index >= 15 is 0 Å². The summed E-state index contributed by atoms with van der Waals surface area (Å²) in [6, 6.07) is 2.75. The molecule has 0 radical (unpaired) electrons. The van der Waals surface area contributed by atoms with Gasteiger partial charge in [-0.3, -0.25) is 4.90 Å². The first kappa shape index (κ1) is 13.5. The molecule has 0 heterocycles. The fraction of sp³-hybridized carbons (Fsp3) is 0.923. The van der Waals surface area contributed by atoms with Crippen LogP contribution in [0.4, 0.5) is 0 Å². The van der Waals surface area contributed by atoms with Crippen molar-refractivity contribution in [2.75, 3.05) is 13.1 Å². The largest absolute Gasteiger partial charge is 0.389 e. The van der Waals surface area contributed by atoms with Crippen LogP contribution in [-0.2, 0) is 0 Å². The van der Waals surface area contributed by atoms with Crippen molar-refractivity contribution in [3.8, 4) is 6.07 Å². The van der Waals surface area contributed by atoms with Gasteiger partial charge in [-0.25, -0.2) is 0 Å². The van der Waals surface area contributed by atoms with E-state index < -0.39 is 5.60 Å². The highest BCUT2D eigenvalue weighted by Gasteiger charge is 2.30. The van der Waals surface area contributed by atoms with E-state index in [-0.39, 0.29) is 0 Å². The van der Waals surface area contributed by atoms with Gasteiger partial charge in [-0.1, -0.05) is 26.7 Å². The second kappa shape index (κ2) is 6.22. The standard InChI is InChI=1S/C13H24N2O/c1-3-13(16,4-2)11-15(10-9-14)12-7-5-6-8-12/h12,16H,3-8,10-11H2,1-2H3. The highest BCUT2D eigenvalue weighted by atomic mass is 16.3. The summed E-state index contributed by atoms with van der Waals surface area (Å²) in [7, 11) is 0. The summed E-state index contributed by atoms with van der Waals surface area (Å²) >= 11 is 0. The van der Waals surface area contributed by atoms with E-state index in [9.17, 15) is 5.11 Å². The lowest BCUT2D eigenvalue weighted by molar-refractivity contribution is -0.0105. The predicted octanol–water partition coefficient (Wildman–Crippen LogP) is 2.31. The van der Waals surface area contributed by atoms with E-state index in [1.54, 1.807) is 0 Å². The van der Waals surface area contributed by atoms with Gasteiger partial charge in [0.15, 0.2) is 0 Å². The molecule has 1 aliphatic carbocycles. The molecule has 0 aromatic carbocycles. The molecule has 0 aromatic heterocycles. The summed E-state index contributed by atoms with van der Waals surface area (Å²) in [5, 5.41) is 19.2. The van der Waals surface area contributed by atoms with Crippen molar-refractivity contribution in [2.24, 2.45) is 0 Å². The average molecular weight is 224 g/mol. The Balaban J connectivity index is 2.59. The third-order valence-electron chi connectivity index (χ3n) is 3.93. The summed E-state index contributed by atoms with van der Waals surface area (Å²) in [5.41, 5.74) is -0.612. The maximum Gasteiger partial charge on any atom is 0.0869 e. The number of nitrogens with zero attached hydrogens (tertiary/aromatic N) is 2. The molecule has 1 fully saturated rings. The first-order chi connectivity index (χ1) is 7.65. The molecule has 0 bridgehead atoms. The number of hydrogen-bond donors (Lipinski definition) is 1. The van der Waals surface area contributed by atoms with Gasteiger partial charge in [-0.2, -0.15) is 5.26 Å². The van der Waals surface area contributed by atoms with Crippen molar-refractivity contribution in [3.05, 3.63) is 0 Å². The summed E-state index contributed by atoms with van der Waals surface area (Å²) in [6.45, 7) is 5.14. The minimum Gasteiger partial charge on any atom is -0.389 e. The zero-order valence-electron chi connectivity index (χ0n) is 10.6. The molecule has 16 heavy (non-hydrogen) atoms. The third kappa shape index (κ3) is 3.47. The van der Waals surface area contributed by atoms with Gasteiger partial charge >= 0.3 is 0 Å². The minimum atomic E-state index is -0.612. The van der Waals surface area contributed by atoms with Crippen LogP contribution in [0, 0.1) is 11.3 Å². The molecular formula is C13H24N2O. The number of nitriles is 1. The lowest BCUT2D eigenvalue weighted by Crippen LogP contribution is -2.46. The van der Waals surface area contributed by atoms with Gasteiger partial charge in [0.1, 0.15) is 0 Å². The quantitative estimate of drug-likeness (QED) is 0.704. The molecule has 0 spiro atoms. The Hall–Kier alpha value is -0.590. The topological polar surface area (TPSA) is 47.3 Å². The van der Waals surface area contributed by atoms with Gasteiger partial charge in [0.05, 0.1) is 18.2 Å². The molecule has 3 heteroatoms. The molecule has 1 aliphatic rings. The summed E-state index contributed by atoms with van der Waals surface area (Å²) in [6.07, 6.45) is 6.43. The fourth-order valence-electron chi connectivity index (χ4n) is 2.53. The maximum absolute atomic E-state index is 10.3. The zero-order valence-corrected chi connectivity index (χ0v) is 10.6. The van der Waals surface area contributed by atoms with Gasteiger partial charge in [0.2, 0.25) is 0 Å². The molecule has 0 atom stereocenters. The number of aliphatic hydroxyl groups is 1. The predicted molar refractivity (Wildman–Crippen MR) is 65.0 cm³/mol. The van der Waals surface area contributed by atoms with Gasteiger partial charge in [0, 0.05) is 12.6 Å². The van der Waals surface area contributed by atoms with Crippen molar-refractivity contribution in [1.29, 1.82) is 5.26 Å². The van der Waals surface area contributed by atoms with Crippen LogP contribution in [0.5, 0.6) is 0 Å². The Labute approximate surface area is 99.1 Å². The van der Waals surface area contributed by atoms with Crippen molar-refractivity contribution in [2.45, 2.75) is 64.0 Å². The highest BCUT2D eigenvalue weighted by molar-refractivity contribution is 4.89. The van der Waals surface area contributed by atoms with E-state index in [0.717, 1.165) is 12.8 Å². The van der Waals surface area contributed by atoms with Crippen LogP contribution in [0.15, 0.2) is 0 Å². The molecule has 92 valence electrons. The van der Waals surface area contributed by atoms with Crippen molar-refractivity contribution in [1.82, 2.24) is 4.90 Å². The summed E-state index contributed by atoms with van der Waals surface area (Å²) in [5.74, 6) is 0. The fourth-order valence-corrected chi connectivity index (χ4v) is 2.53. The Kier molecular flexibility index (Phi) is 5.24. The highest BCUT2D eigenvalue weighted by Crippen LogP contribution is 2.26. The van der Waals surface area contributed by atoms with Crippen molar-refractivity contribution >= 4 is 0 Å². The number of rotatable bonds is 6. The first-order valence-electron chi connectivity index (χ1n) is 6.48. The minimum absolute atomic E-state index is 0.451. The normalized spacial score (nSPS) is 17.9. The van der Waals surface area contributed by atoms with Gasteiger partial charge in [-0.05, 0) is 25.7 Å². The van der Waals surface area contributed by atoms with Crippen molar-refractivity contribution in [3.63, 3.8) is 0 Å². The van der Waals surface area contributed by atoms with Crippen LogP contribution in [0.25, 0.3) is 0 Å². The van der Waals surface area contributed by atoms with Crippen LogP contribution in [0.1, 0.15) is 52.4 Å². The van der Waals surface area contributed by atoms with Crippen LogP contribution in [0.3, 0.4) is 0 Å². The van der Waals surface area contributed by atoms with Crippen molar-refractivity contribution < 1.29 is 5.11 Å². The Morgan fingerprint density at radius 1 is 1.31 bits per heavy atom. The second-order valence-corrected chi connectivity index (χ2v) is 4.93. The molecule has 0 amide bonds. The zero-order chi connectivity index (χ0) is 12.0. The molecule has 0 saturated heterocycles. The van der Waals surface area contributed by atoms with Crippen LogP contribution in [-0.4, -0.2) is 34.7 Å². The van der Waals surface area contributed by atoms with Crippen LogP contribution >= 0.6 is 0 Å². The molecule has 0 aliphatic heterocycles. The Morgan fingerprint density at radius 3 is 2.31 bits per heavy atom. The monoisotopic (exact) mass is 224 g/mol. The smallest absolute Gasteiger partial charge is 0.0869 e. The molecular weight excluding hydrogens is 200 g/mol. The summed E-state index contributed by atoms with van der Waals surface area (Å²) < 4.78 is 0. The third-order valence-corrected chi connectivity index (χ3v) is 3.93. The summed E-state index contributed by atoms with van der Waals surface area (Å²) in [4.78, 5) is 2.18. The van der Waals surface area contributed by atoms with Gasteiger partial charge < -0.3 is 5.11 Å². The Morgan fingerprint density at radius 2 is 1.88 bits per heavy atom. The van der Waals surface area contributed by atoms with E-state index in [0.29, 0.717) is 19.1 Å². The first-order valence-corrected chi connectivity index (χ1v) is 6.48. The van der Waals surface area contributed by atoms with Crippen LogP contribution < -0.4 is 0 Å². The SMILES string of the molecule is CCC(O)(CC)CN(CC#N)C1CCCC1. The molecule has 1 rings (SSSR count). The maximum atomic E-state index is 10.3. The van der Waals surface area contributed by atoms with E-state index in [1.165, 1.54) is 25.7 Å². The Bertz CT molecular complexity index is 237. The van der Waals surface area contributed by atoms with E-state index in [1.807, 2.05) is 13.8 Å². The molecule has 3 nitrogen and oxygen atoms in total. The average Bonchev–Trinajstić information content (AvgIpc) is 2.82. The number of hydrogen-bond acceptors (Lipinski definition) is 3. The second-order valence-electron chi connectivity index (χ2n) is 4.93. The molecule has 0 unspecified atom stereocenters. The molecule has 0 aromatic rings.